The molecule has 1 unspecified atom stereocenters. The van der Waals surface area contributed by atoms with Crippen LogP contribution in [0.4, 0.5) is 4.79 Å². The summed E-state index contributed by atoms with van der Waals surface area (Å²) in [5.41, 5.74) is 5.13. The van der Waals surface area contributed by atoms with E-state index in [1.54, 1.807) is 45.0 Å². The third kappa shape index (κ3) is 5.18. The number of carbonyl (C=O) groups is 2. The Balaban J connectivity index is 2.85. The lowest BCUT2D eigenvalue weighted by atomic mass is 10.1. The van der Waals surface area contributed by atoms with Gasteiger partial charge in [-0.3, -0.25) is 4.79 Å². The molecule has 0 fully saturated rings. The Kier molecular flexibility index (Phi) is 4.78. The highest BCUT2D eigenvalue weighted by Crippen LogP contribution is 2.18. The Morgan fingerprint density at radius 1 is 1.37 bits per heavy atom. The van der Waals surface area contributed by atoms with Crippen LogP contribution >= 0.6 is 11.6 Å². The molecule has 2 amide bonds. The lowest BCUT2D eigenvalue weighted by molar-refractivity contribution is -0.120. The maximum Gasteiger partial charge on any atom is 0.408 e. The van der Waals surface area contributed by atoms with Crippen molar-refractivity contribution in [2.45, 2.75) is 32.4 Å². The Bertz CT molecular complexity index is 483. The topological polar surface area (TPSA) is 81.4 Å². The molecule has 104 valence electrons. The fourth-order valence-electron chi connectivity index (χ4n) is 1.43. The average Bonchev–Trinajstić information content (AvgIpc) is 2.23. The van der Waals surface area contributed by atoms with Crippen molar-refractivity contribution in [3.63, 3.8) is 0 Å². The summed E-state index contributed by atoms with van der Waals surface area (Å²) in [6, 6.07) is 5.57. The number of rotatable bonds is 3. The van der Waals surface area contributed by atoms with E-state index in [9.17, 15) is 9.59 Å². The van der Waals surface area contributed by atoms with Crippen molar-refractivity contribution in [1.82, 2.24) is 5.32 Å². The molecule has 1 aromatic carbocycles. The van der Waals surface area contributed by atoms with Crippen molar-refractivity contribution >= 4 is 23.6 Å². The number of amides is 2. The van der Waals surface area contributed by atoms with Gasteiger partial charge in [-0.05, 0) is 38.5 Å². The maximum absolute atomic E-state index is 11.7. The van der Waals surface area contributed by atoms with Gasteiger partial charge in [-0.25, -0.2) is 4.79 Å². The van der Waals surface area contributed by atoms with Gasteiger partial charge < -0.3 is 15.8 Å². The van der Waals surface area contributed by atoms with Crippen LogP contribution in [0.2, 0.25) is 5.02 Å². The van der Waals surface area contributed by atoms with Crippen molar-refractivity contribution in [1.29, 1.82) is 0 Å². The van der Waals surface area contributed by atoms with Gasteiger partial charge in [0.1, 0.15) is 11.6 Å². The maximum atomic E-state index is 11.7. The molecule has 0 aliphatic heterocycles. The Morgan fingerprint density at radius 3 is 2.47 bits per heavy atom. The van der Waals surface area contributed by atoms with E-state index >= 15 is 0 Å². The van der Waals surface area contributed by atoms with E-state index in [1.807, 2.05) is 0 Å². The molecule has 5 nitrogen and oxygen atoms in total. The number of primary amides is 1. The standard InChI is InChI=1S/C13H17ClN2O3/c1-13(2,3)19-12(18)16-10(11(15)17)8-5-4-6-9(14)7-8/h4-7,10H,1-3H3,(H2,15,17)(H,16,18). The molecule has 0 heterocycles. The molecule has 6 heteroatoms. The van der Waals surface area contributed by atoms with E-state index in [2.05, 4.69) is 5.32 Å². The van der Waals surface area contributed by atoms with Crippen LogP contribution in [0.25, 0.3) is 0 Å². The largest absolute Gasteiger partial charge is 0.444 e. The minimum absolute atomic E-state index is 0.453. The number of hydrogen-bond donors (Lipinski definition) is 2. The molecule has 0 bridgehead atoms. The summed E-state index contributed by atoms with van der Waals surface area (Å²) in [6.07, 6.45) is -0.712. The smallest absolute Gasteiger partial charge is 0.408 e. The van der Waals surface area contributed by atoms with Gasteiger partial charge in [-0.1, -0.05) is 23.7 Å². The first-order valence-electron chi connectivity index (χ1n) is 5.73. The van der Waals surface area contributed by atoms with Crippen molar-refractivity contribution in [3.05, 3.63) is 34.9 Å². The number of nitrogens with two attached hydrogens (primary N) is 1. The van der Waals surface area contributed by atoms with E-state index in [0.29, 0.717) is 10.6 Å². The zero-order valence-corrected chi connectivity index (χ0v) is 11.8. The van der Waals surface area contributed by atoms with Crippen LogP contribution in [0.3, 0.4) is 0 Å². The summed E-state index contributed by atoms with van der Waals surface area (Å²) < 4.78 is 5.08. The van der Waals surface area contributed by atoms with Crippen LogP contribution in [0.15, 0.2) is 24.3 Å². The molecule has 0 spiro atoms. The third-order valence-electron chi connectivity index (χ3n) is 2.13. The summed E-state index contributed by atoms with van der Waals surface area (Å²) in [5.74, 6) is -0.687. The SMILES string of the molecule is CC(C)(C)OC(=O)NC(C(N)=O)c1cccc(Cl)c1. The van der Waals surface area contributed by atoms with Crippen LogP contribution in [0.5, 0.6) is 0 Å². The van der Waals surface area contributed by atoms with Crippen LogP contribution < -0.4 is 11.1 Å². The predicted molar refractivity (Wildman–Crippen MR) is 72.8 cm³/mol. The van der Waals surface area contributed by atoms with E-state index < -0.39 is 23.6 Å². The van der Waals surface area contributed by atoms with E-state index in [1.165, 1.54) is 0 Å². The molecule has 1 aromatic rings. The summed E-state index contributed by atoms with van der Waals surface area (Å²) in [7, 11) is 0. The van der Waals surface area contributed by atoms with Gasteiger partial charge in [0, 0.05) is 5.02 Å². The summed E-state index contributed by atoms with van der Waals surface area (Å²) in [6.45, 7) is 5.18. The third-order valence-corrected chi connectivity index (χ3v) is 2.36. The van der Waals surface area contributed by atoms with Gasteiger partial charge in [0.15, 0.2) is 0 Å². The van der Waals surface area contributed by atoms with Gasteiger partial charge in [0.2, 0.25) is 5.91 Å². The number of benzene rings is 1. The number of hydrogen-bond acceptors (Lipinski definition) is 3. The molecular weight excluding hydrogens is 268 g/mol. The van der Waals surface area contributed by atoms with E-state index in [-0.39, 0.29) is 0 Å². The Morgan fingerprint density at radius 2 is 2.00 bits per heavy atom. The van der Waals surface area contributed by atoms with Crippen LogP contribution in [-0.4, -0.2) is 17.6 Å². The van der Waals surface area contributed by atoms with Gasteiger partial charge in [0.05, 0.1) is 0 Å². The second-order valence-corrected chi connectivity index (χ2v) is 5.47. The van der Waals surface area contributed by atoms with Gasteiger partial charge >= 0.3 is 6.09 Å². The van der Waals surface area contributed by atoms with Crippen LogP contribution in [0, 0.1) is 0 Å². The lowest BCUT2D eigenvalue weighted by Gasteiger charge is -2.22. The molecule has 1 rings (SSSR count). The van der Waals surface area contributed by atoms with E-state index in [4.69, 9.17) is 22.1 Å². The summed E-state index contributed by atoms with van der Waals surface area (Å²) in [4.78, 5) is 23.1. The van der Waals surface area contributed by atoms with Crippen molar-refractivity contribution < 1.29 is 14.3 Å². The minimum atomic E-state index is -0.978. The lowest BCUT2D eigenvalue weighted by Crippen LogP contribution is -2.40. The molecule has 3 N–H and O–H groups in total. The Labute approximate surface area is 117 Å². The number of nitrogens with one attached hydrogen (secondary N) is 1. The fourth-order valence-corrected chi connectivity index (χ4v) is 1.63. The molecule has 0 saturated carbocycles. The summed E-state index contributed by atoms with van der Waals surface area (Å²) in [5, 5.41) is 2.88. The zero-order valence-electron chi connectivity index (χ0n) is 11.1. The zero-order chi connectivity index (χ0) is 14.6. The molecule has 0 saturated heterocycles. The van der Waals surface area contributed by atoms with Crippen molar-refractivity contribution in [2.75, 3.05) is 0 Å². The highest BCUT2D eigenvalue weighted by atomic mass is 35.5. The van der Waals surface area contributed by atoms with Crippen molar-refractivity contribution in [2.24, 2.45) is 5.73 Å². The molecule has 0 radical (unpaired) electrons. The highest BCUT2D eigenvalue weighted by molar-refractivity contribution is 6.30. The normalized spacial score (nSPS) is 12.6. The molecule has 0 aliphatic rings. The van der Waals surface area contributed by atoms with Gasteiger partial charge in [0.25, 0.3) is 0 Å². The number of alkyl carbamates (subject to hydrolysis) is 1. The average molecular weight is 285 g/mol. The molecular formula is C13H17ClN2O3. The molecule has 0 aromatic heterocycles. The second-order valence-electron chi connectivity index (χ2n) is 5.04. The Hall–Kier alpha value is -1.75. The minimum Gasteiger partial charge on any atom is -0.444 e. The van der Waals surface area contributed by atoms with Crippen LogP contribution in [-0.2, 0) is 9.53 Å². The number of halogens is 1. The monoisotopic (exact) mass is 284 g/mol. The molecule has 1 atom stereocenters. The number of carbonyl (C=O) groups excluding carboxylic acids is 2. The van der Waals surface area contributed by atoms with E-state index in [0.717, 1.165) is 0 Å². The fraction of sp³-hybridized carbons (Fsp3) is 0.385. The molecule has 0 aliphatic carbocycles. The van der Waals surface area contributed by atoms with Crippen LogP contribution in [0.1, 0.15) is 32.4 Å². The van der Waals surface area contributed by atoms with Gasteiger partial charge in [-0.2, -0.15) is 0 Å². The highest BCUT2D eigenvalue weighted by Gasteiger charge is 2.24. The quantitative estimate of drug-likeness (QED) is 0.894. The summed E-state index contributed by atoms with van der Waals surface area (Å²) >= 11 is 5.84. The molecule has 19 heavy (non-hydrogen) atoms. The second kappa shape index (κ2) is 5.93. The first kappa shape index (κ1) is 15.3. The first-order valence-corrected chi connectivity index (χ1v) is 6.11. The first-order chi connectivity index (χ1) is 8.69. The van der Waals surface area contributed by atoms with Gasteiger partial charge in [-0.15, -0.1) is 0 Å². The van der Waals surface area contributed by atoms with Crippen molar-refractivity contribution in [3.8, 4) is 0 Å². The predicted octanol–water partition coefficient (Wildman–Crippen LogP) is 2.39. The number of ether oxygens (including phenoxy) is 1.